The van der Waals surface area contributed by atoms with Gasteiger partial charge in [0.1, 0.15) is 12.6 Å². The van der Waals surface area contributed by atoms with Gasteiger partial charge in [-0.25, -0.2) is 8.42 Å². The van der Waals surface area contributed by atoms with Gasteiger partial charge in [0.15, 0.2) is 5.78 Å². The topological polar surface area (TPSA) is 104 Å². The summed E-state index contributed by atoms with van der Waals surface area (Å²) in [7, 11) is -3.92. The molecule has 1 unspecified atom stereocenters. The molecule has 0 spiro atoms. The zero-order valence-corrected chi connectivity index (χ0v) is 25.3. The van der Waals surface area contributed by atoms with Crippen molar-refractivity contribution in [1.82, 2.24) is 10.2 Å². The maximum atomic E-state index is 14.2. The van der Waals surface area contributed by atoms with Crippen molar-refractivity contribution in [2.45, 2.75) is 64.6 Å². The van der Waals surface area contributed by atoms with Gasteiger partial charge in [-0.15, -0.1) is 0 Å². The lowest BCUT2D eigenvalue weighted by Crippen LogP contribution is -2.54. The fourth-order valence-electron chi connectivity index (χ4n) is 5.31. The molecule has 3 aromatic carbocycles. The first-order valence-electron chi connectivity index (χ1n) is 14.3. The van der Waals surface area contributed by atoms with Crippen LogP contribution in [0.1, 0.15) is 59.7 Å². The second-order valence-electron chi connectivity index (χ2n) is 11.1. The Hall–Kier alpha value is -3.98. The van der Waals surface area contributed by atoms with Crippen molar-refractivity contribution in [3.63, 3.8) is 0 Å². The summed E-state index contributed by atoms with van der Waals surface area (Å²) in [6, 6.07) is 22.6. The summed E-state index contributed by atoms with van der Waals surface area (Å²) >= 11 is 0. The molecule has 9 heteroatoms. The molecule has 1 saturated carbocycles. The maximum absolute atomic E-state index is 14.2. The smallest absolute Gasteiger partial charge is 0.244 e. The molecule has 0 aromatic heterocycles. The number of Topliss-reactive ketones (excluding diaryl/α,β-unsaturated/α-hetero) is 1. The van der Waals surface area contributed by atoms with E-state index < -0.39 is 28.5 Å². The fraction of sp³-hybridized carbons (Fsp3) is 0.364. The van der Waals surface area contributed by atoms with E-state index >= 15 is 0 Å². The number of nitrogens with one attached hydrogen (secondary N) is 1. The quantitative estimate of drug-likeness (QED) is 0.310. The van der Waals surface area contributed by atoms with Crippen LogP contribution in [0.25, 0.3) is 0 Å². The van der Waals surface area contributed by atoms with E-state index in [0.717, 1.165) is 52.9 Å². The second-order valence-corrected chi connectivity index (χ2v) is 13.0. The van der Waals surface area contributed by atoms with Gasteiger partial charge in [-0.1, -0.05) is 85.1 Å². The third kappa shape index (κ3) is 8.28. The molecule has 3 aromatic rings. The monoisotopic (exact) mass is 589 g/mol. The van der Waals surface area contributed by atoms with Crippen LogP contribution >= 0.6 is 0 Å². The summed E-state index contributed by atoms with van der Waals surface area (Å²) in [5.74, 6) is -0.989. The number of carbonyl (C=O) groups is 3. The number of hydrogen-bond acceptors (Lipinski definition) is 5. The van der Waals surface area contributed by atoms with E-state index in [1.54, 1.807) is 18.2 Å². The summed E-state index contributed by atoms with van der Waals surface area (Å²) in [6.07, 6.45) is 5.18. The van der Waals surface area contributed by atoms with Crippen LogP contribution in [0.4, 0.5) is 5.69 Å². The maximum Gasteiger partial charge on any atom is 0.244 e. The van der Waals surface area contributed by atoms with Crippen LogP contribution in [0.2, 0.25) is 0 Å². The van der Waals surface area contributed by atoms with Gasteiger partial charge in [0.25, 0.3) is 0 Å². The van der Waals surface area contributed by atoms with Crippen LogP contribution in [-0.4, -0.2) is 55.8 Å². The Kier molecular flexibility index (Phi) is 10.2. The Bertz CT molecular complexity index is 1500. The van der Waals surface area contributed by atoms with Gasteiger partial charge in [0.2, 0.25) is 21.8 Å². The fourth-order valence-corrected chi connectivity index (χ4v) is 6.15. The molecule has 1 aliphatic carbocycles. The Morgan fingerprint density at radius 3 is 2.19 bits per heavy atom. The predicted molar refractivity (Wildman–Crippen MR) is 165 cm³/mol. The highest BCUT2D eigenvalue weighted by molar-refractivity contribution is 7.92. The summed E-state index contributed by atoms with van der Waals surface area (Å²) < 4.78 is 27.0. The van der Waals surface area contributed by atoms with Crippen molar-refractivity contribution in [2.75, 3.05) is 17.1 Å². The molecule has 222 valence electrons. The molecule has 0 saturated heterocycles. The molecule has 0 heterocycles. The Morgan fingerprint density at radius 2 is 1.57 bits per heavy atom. The van der Waals surface area contributed by atoms with E-state index in [9.17, 15) is 22.8 Å². The van der Waals surface area contributed by atoms with E-state index in [4.69, 9.17) is 0 Å². The number of aryl methyl sites for hydroxylation is 1. The molecule has 0 radical (unpaired) electrons. The number of rotatable bonds is 12. The predicted octanol–water partition coefficient (Wildman–Crippen LogP) is 4.66. The molecule has 1 fully saturated rings. The highest BCUT2D eigenvalue weighted by Crippen LogP contribution is 2.23. The van der Waals surface area contributed by atoms with Crippen LogP contribution in [0.15, 0.2) is 78.9 Å². The van der Waals surface area contributed by atoms with Crippen molar-refractivity contribution in [2.24, 2.45) is 0 Å². The van der Waals surface area contributed by atoms with Crippen molar-refractivity contribution in [3.05, 3.63) is 101 Å². The van der Waals surface area contributed by atoms with Gasteiger partial charge in [-0.3, -0.25) is 18.7 Å². The van der Waals surface area contributed by atoms with Crippen LogP contribution in [0, 0.1) is 6.92 Å². The molecule has 2 amide bonds. The second kappa shape index (κ2) is 13.8. The highest BCUT2D eigenvalue weighted by Gasteiger charge is 2.34. The van der Waals surface area contributed by atoms with Gasteiger partial charge < -0.3 is 10.2 Å². The molecule has 1 aliphatic rings. The normalized spacial score (nSPS) is 14.3. The molecule has 8 nitrogen and oxygen atoms in total. The molecular formula is C33H39N3O5S. The third-order valence-electron chi connectivity index (χ3n) is 7.67. The minimum atomic E-state index is -3.92. The number of hydrogen-bond donors (Lipinski definition) is 1. The van der Waals surface area contributed by atoms with Crippen molar-refractivity contribution < 1.29 is 22.8 Å². The number of nitrogens with zero attached hydrogens (tertiary/aromatic N) is 2. The van der Waals surface area contributed by atoms with E-state index in [1.165, 1.54) is 17.9 Å². The first-order chi connectivity index (χ1) is 20.0. The lowest BCUT2D eigenvalue weighted by atomic mass is 10.0. The highest BCUT2D eigenvalue weighted by atomic mass is 32.2. The van der Waals surface area contributed by atoms with Crippen molar-refractivity contribution in [1.29, 1.82) is 0 Å². The third-order valence-corrected chi connectivity index (χ3v) is 8.81. The van der Waals surface area contributed by atoms with E-state index in [2.05, 4.69) is 5.32 Å². The molecule has 0 bridgehead atoms. The largest absolute Gasteiger partial charge is 0.352 e. The molecule has 42 heavy (non-hydrogen) atoms. The molecular weight excluding hydrogens is 550 g/mol. The Balaban J connectivity index is 1.73. The number of benzene rings is 3. The lowest BCUT2D eigenvalue weighted by Gasteiger charge is -2.34. The number of amides is 2. The van der Waals surface area contributed by atoms with Gasteiger partial charge in [-0.05, 0) is 49.9 Å². The zero-order chi connectivity index (χ0) is 30.3. The lowest BCUT2D eigenvalue weighted by molar-refractivity contribution is -0.140. The Labute approximate surface area is 248 Å². The van der Waals surface area contributed by atoms with Crippen LogP contribution in [0.3, 0.4) is 0 Å². The van der Waals surface area contributed by atoms with Crippen LogP contribution in [-0.2, 0) is 32.6 Å². The van der Waals surface area contributed by atoms with E-state index in [1.807, 2.05) is 61.5 Å². The minimum Gasteiger partial charge on any atom is -0.352 e. The molecule has 1 N–H and O–H groups in total. The summed E-state index contributed by atoms with van der Waals surface area (Å²) in [5, 5.41) is 3.16. The van der Waals surface area contributed by atoms with Gasteiger partial charge in [0.05, 0.1) is 11.9 Å². The van der Waals surface area contributed by atoms with Crippen LogP contribution < -0.4 is 9.62 Å². The standard InChI is InChI=1S/C33H39N3O5S/c1-24-16-18-27(19-17-24)22-35(31(20-26-10-5-4-6-11-26)33(39)34-29-13-7-8-14-29)32(38)23-36(42(3,40)41)30-15-9-12-28(21-30)25(2)37/h4-6,9-12,15-19,21,29,31H,7-8,13-14,20,22-23H2,1-3H3,(H,34,39). The molecule has 1 atom stereocenters. The first-order valence-corrected chi connectivity index (χ1v) is 16.1. The first kappa shape index (κ1) is 31.0. The summed E-state index contributed by atoms with van der Waals surface area (Å²) in [6.45, 7) is 2.97. The number of ketones is 1. The van der Waals surface area contributed by atoms with Crippen molar-refractivity contribution >= 4 is 33.3 Å². The average molecular weight is 590 g/mol. The summed E-state index contributed by atoms with van der Waals surface area (Å²) in [5.41, 5.74) is 3.32. The van der Waals surface area contributed by atoms with E-state index in [-0.39, 0.29) is 36.4 Å². The average Bonchev–Trinajstić information content (AvgIpc) is 3.47. The summed E-state index contributed by atoms with van der Waals surface area (Å²) in [4.78, 5) is 41.6. The van der Waals surface area contributed by atoms with Gasteiger partial charge >= 0.3 is 0 Å². The SMILES string of the molecule is CC(=O)c1cccc(N(CC(=O)N(Cc2ccc(C)cc2)C(Cc2ccccc2)C(=O)NC2CCCC2)S(C)(=O)=O)c1. The molecule has 4 rings (SSSR count). The Morgan fingerprint density at radius 1 is 0.905 bits per heavy atom. The van der Waals surface area contributed by atoms with Crippen molar-refractivity contribution in [3.8, 4) is 0 Å². The van der Waals surface area contributed by atoms with Crippen LogP contribution in [0.5, 0.6) is 0 Å². The van der Waals surface area contributed by atoms with Gasteiger partial charge in [0, 0.05) is 24.6 Å². The number of anilines is 1. The minimum absolute atomic E-state index is 0.0499. The van der Waals surface area contributed by atoms with E-state index in [0.29, 0.717) is 5.56 Å². The van der Waals surface area contributed by atoms with Gasteiger partial charge in [-0.2, -0.15) is 0 Å². The zero-order valence-electron chi connectivity index (χ0n) is 24.5. The number of sulfonamides is 1. The number of carbonyl (C=O) groups excluding carboxylic acids is 3. The molecule has 0 aliphatic heterocycles.